The summed E-state index contributed by atoms with van der Waals surface area (Å²) < 4.78 is 2.20. The Morgan fingerprint density at radius 3 is 2.40 bits per heavy atom. The molecule has 0 aliphatic rings. The molecule has 6 rings (SSSR count). The first-order chi connectivity index (χ1) is 21.2. The van der Waals surface area contributed by atoms with E-state index in [1.54, 1.807) is 6.20 Å². The molecule has 0 saturated carbocycles. The molecule has 2 N–H and O–H groups in total. The molecule has 0 radical (unpaired) electrons. The van der Waals surface area contributed by atoms with E-state index in [9.17, 15) is 4.79 Å². The number of aryl methyl sites for hydroxylation is 3. The highest BCUT2D eigenvalue weighted by molar-refractivity contribution is 5.83. The third-order valence-corrected chi connectivity index (χ3v) is 7.92. The van der Waals surface area contributed by atoms with Crippen LogP contribution >= 0.6 is 0 Å². The summed E-state index contributed by atoms with van der Waals surface area (Å²) in [6.45, 7) is 2.79. The number of carbonyl (C=O) groups is 1. The lowest BCUT2D eigenvalue weighted by Gasteiger charge is -2.20. The third-order valence-electron chi connectivity index (χ3n) is 7.92. The molecule has 0 aliphatic heterocycles. The normalized spacial score (nSPS) is 11.9. The number of hydrogen-bond donors (Lipinski definition) is 2. The van der Waals surface area contributed by atoms with Crippen molar-refractivity contribution in [3.8, 4) is 0 Å². The first kappa shape index (κ1) is 28.1. The van der Waals surface area contributed by atoms with Crippen LogP contribution in [0.4, 0.5) is 0 Å². The Labute approximate surface area is 252 Å². The van der Waals surface area contributed by atoms with Crippen LogP contribution in [0.5, 0.6) is 0 Å². The topological polar surface area (TPSA) is 88.5 Å². The van der Waals surface area contributed by atoms with Gasteiger partial charge in [-0.05, 0) is 53.3 Å². The number of nitrogens with zero attached hydrogens (tertiary/aromatic N) is 4. The molecule has 3 aromatic carbocycles. The molecule has 7 nitrogen and oxygen atoms in total. The Hall–Kier alpha value is -5.04. The standard InChI is InChI=1S/C36H36N6O/c1-2-26-15-17-28(18-16-26)25-42-34(20-19-27-10-4-3-5-11-27)40-41-36(42)33(39-35(43)23-30-12-8-9-21-37-30)22-29-24-38-32-14-7-6-13-31(29)32/h3-18,21,24,33,38H,2,19-20,22-23,25H2,1H3,(H,39,43). The Kier molecular flexibility index (Phi) is 8.69. The van der Waals surface area contributed by atoms with E-state index in [4.69, 9.17) is 10.2 Å². The fourth-order valence-electron chi connectivity index (χ4n) is 5.57. The number of amides is 1. The van der Waals surface area contributed by atoms with Gasteiger partial charge in [-0.2, -0.15) is 0 Å². The first-order valence-electron chi connectivity index (χ1n) is 14.9. The SMILES string of the molecule is CCc1ccc(Cn2c(CCc3ccccc3)nnc2C(Cc2c[nH]c3ccccc23)NC(=O)Cc2ccccn2)cc1. The van der Waals surface area contributed by atoms with Crippen molar-refractivity contribution in [1.29, 1.82) is 0 Å². The number of nitrogens with one attached hydrogen (secondary N) is 2. The zero-order valence-corrected chi connectivity index (χ0v) is 24.4. The number of carbonyl (C=O) groups excluding carboxylic acids is 1. The smallest absolute Gasteiger partial charge is 0.226 e. The van der Waals surface area contributed by atoms with Crippen LogP contribution in [0.3, 0.4) is 0 Å². The predicted octanol–water partition coefficient (Wildman–Crippen LogP) is 6.19. The van der Waals surface area contributed by atoms with Gasteiger partial charge >= 0.3 is 0 Å². The fraction of sp³-hybridized carbons (Fsp3) is 0.222. The van der Waals surface area contributed by atoms with E-state index in [0.717, 1.165) is 53.1 Å². The molecule has 0 spiro atoms. The highest BCUT2D eigenvalue weighted by atomic mass is 16.1. The van der Waals surface area contributed by atoms with Crippen molar-refractivity contribution in [3.63, 3.8) is 0 Å². The maximum absolute atomic E-state index is 13.4. The number of pyridine rings is 1. The summed E-state index contributed by atoms with van der Waals surface area (Å²) in [5, 5.41) is 13.9. The molecule has 0 fully saturated rings. The van der Waals surface area contributed by atoms with Crippen LogP contribution in [0.2, 0.25) is 0 Å². The van der Waals surface area contributed by atoms with Crippen molar-refractivity contribution in [2.45, 2.75) is 51.6 Å². The molecule has 43 heavy (non-hydrogen) atoms. The minimum Gasteiger partial charge on any atom is -0.361 e. The lowest BCUT2D eigenvalue weighted by atomic mass is 10.0. The lowest BCUT2D eigenvalue weighted by molar-refractivity contribution is -0.121. The number of benzene rings is 3. The summed E-state index contributed by atoms with van der Waals surface area (Å²) >= 11 is 0. The first-order valence-corrected chi connectivity index (χ1v) is 14.9. The average Bonchev–Trinajstić information content (AvgIpc) is 3.64. The highest BCUT2D eigenvalue weighted by Gasteiger charge is 2.25. The van der Waals surface area contributed by atoms with E-state index in [1.807, 2.05) is 42.6 Å². The van der Waals surface area contributed by atoms with Crippen molar-refractivity contribution in [3.05, 3.63) is 149 Å². The van der Waals surface area contributed by atoms with Gasteiger partial charge in [-0.25, -0.2) is 0 Å². The zero-order valence-electron chi connectivity index (χ0n) is 24.4. The van der Waals surface area contributed by atoms with Crippen molar-refractivity contribution in [1.82, 2.24) is 30.0 Å². The monoisotopic (exact) mass is 568 g/mol. The van der Waals surface area contributed by atoms with Gasteiger partial charge in [0.05, 0.1) is 19.0 Å². The molecule has 0 aliphatic carbocycles. The number of para-hydroxylation sites is 1. The van der Waals surface area contributed by atoms with Gasteiger partial charge < -0.3 is 14.9 Å². The van der Waals surface area contributed by atoms with E-state index >= 15 is 0 Å². The van der Waals surface area contributed by atoms with Gasteiger partial charge in [0.1, 0.15) is 5.82 Å². The van der Waals surface area contributed by atoms with Gasteiger partial charge in [-0.15, -0.1) is 10.2 Å². The molecule has 6 aromatic rings. The maximum atomic E-state index is 13.4. The lowest BCUT2D eigenvalue weighted by Crippen LogP contribution is -2.33. The third kappa shape index (κ3) is 6.89. The molecular weight excluding hydrogens is 532 g/mol. The molecule has 1 unspecified atom stereocenters. The number of fused-ring (bicyclic) bond motifs is 1. The minimum atomic E-state index is -0.386. The number of hydrogen-bond acceptors (Lipinski definition) is 4. The number of H-pyrrole nitrogens is 1. The summed E-state index contributed by atoms with van der Waals surface area (Å²) in [4.78, 5) is 21.2. The molecule has 3 heterocycles. The number of aromatic nitrogens is 5. The Morgan fingerprint density at radius 2 is 1.60 bits per heavy atom. The van der Waals surface area contributed by atoms with Crippen LogP contribution in [0, 0.1) is 0 Å². The molecule has 3 aromatic heterocycles. The molecule has 7 heteroatoms. The minimum absolute atomic E-state index is 0.101. The van der Waals surface area contributed by atoms with Gasteiger partial charge in [0, 0.05) is 41.8 Å². The van der Waals surface area contributed by atoms with Crippen LogP contribution in [-0.2, 0) is 43.4 Å². The largest absolute Gasteiger partial charge is 0.361 e. The molecule has 216 valence electrons. The van der Waals surface area contributed by atoms with Gasteiger partial charge in [0.15, 0.2) is 5.82 Å². The van der Waals surface area contributed by atoms with E-state index in [1.165, 1.54) is 16.7 Å². The molecular formula is C36H36N6O. The second-order valence-corrected chi connectivity index (χ2v) is 10.9. The summed E-state index contributed by atoms with van der Waals surface area (Å²) in [6.07, 6.45) is 7.10. The zero-order chi connectivity index (χ0) is 29.4. The molecule has 0 saturated heterocycles. The van der Waals surface area contributed by atoms with Crippen LogP contribution in [0.15, 0.2) is 109 Å². The maximum Gasteiger partial charge on any atom is 0.226 e. The summed E-state index contributed by atoms with van der Waals surface area (Å²) in [5.74, 6) is 1.56. The molecule has 1 atom stereocenters. The van der Waals surface area contributed by atoms with E-state index < -0.39 is 0 Å². The summed E-state index contributed by atoms with van der Waals surface area (Å²) in [7, 11) is 0. The van der Waals surface area contributed by atoms with Gasteiger partial charge in [0.25, 0.3) is 0 Å². The highest BCUT2D eigenvalue weighted by Crippen LogP contribution is 2.26. The van der Waals surface area contributed by atoms with Crippen molar-refractivity contribution in [2.24, 2.45) is 0 Å². The Balaban J connectivity index is 1.36. The van der Waals surface area contributed by atoms with Crippen LogP contribution in [0.25, 0.3) is 10.9 Å². The second kappa shape index (κ2) is 13.3. The van der Waals surface area contributed by atoms with E-state index in [-0.39, 0.29) is 18.4 Å². The quantitative estimate of drug-likeness (QED) is 0.184. The van der Waals surface area contributed by atoms with Crippen molar-refractivity contribution < 1.29 is 4.79 Å². The van der Waals surface area contributed by atoms with Crippen LogP contribution < -0.4 is 5.32 Å². The Bertz CT molecular complexity index is 1770. The Morgan fingerprint density at radius 1 is 0.837 bits per heavy atom. The average molecular weight is 569 g/mol. The van der Waals surface area contributed by atoms with Crippen molar-refractivity contribution >= 4 is 16.8 Å². The number of aromatic amines is 1. The van der Waals surface area contributed by atoms with Gasteiger partial charge in [-0.1, -0.05) is 85.8 Å². The van der Waals surface area contributed by atoms with Crippen LogP contribution in [-0.4, -0.2) is 30.6 Å². The summed E-state index contributed by atoms with van der Waals surface area (Å²) in [6, 6.07) is 32.7. The molecule has 0 bridgehead atoms. The van der Waals surface area contributed by atoms with Gasteiger partial charge in [0.2, 0.25) is 5.91 Å². The fourth-order valence-corrected chi connectivity index (χ4v) is 5.57. The van der Waals surface area contributed by atoms with Gasteiger partial charge in [-0.3, -0.25) is 9.78 Å². The van der Waals surface area contributed by atoms with E-state index in [2.05, 4.69) is 87.4 Å². The number of rotatable bonds is 12. The predicted molar refractivity (Wildman–Crippen MR) is 170 cm³/mol. The second-order valence-electron chi connectivity index (χ2n) is 10.9. The summed E-state index contributed by atoms with van der Waals surface area (Å²) in [5.41, 5.74) is 6.64. The van der Waals surface area contributed by atoms with Crippen LogP contribution in [0.1, 0.15) is 52.6 Å². The molecule has 1 amide bonds. The van der Waals surface area contributed by atoms with E-state index in [0.29, 0.717) is 13.0 Å². The van der Waals surface area contributed by atoms with Crippen molar-refractivity contribution in [2.75, 3.05) is 0 Å².